The lowest BCUT2D eigenvalue weighted by molar-refractivity contribution is 0.274. The summed E-state index contributed by atoms with van der Waals surface area (Å²) in [7, 11) is 0. The Balaban J connectivity index is 1.74. The molecule has 2 nitrogen and oxygen atoms in total. The maximum atomic E-state index is 5.95. The van der Waals surface area contributed by atoms with E-state index in [0.717, 1.165) is 29.8 Å². The van der Waals surface area contributed by atoms with Gasteiger partial charge in [-0.2, -0.15) is 0 Å². The van der Waals surface area contributed by atoms with Crippen molar-refractivity contribution in [1.29, 1.82) is 0 Å². The predicted octanol–water partition coefficient (Wildman–Crippen LogP) is 3.63. The number of anilines is 1. The van der Waals surface area contributed by atoms with E-state index in [1.54, 1.807) is 0 Å². The first-order chi connectivity index (χ1) is 8.29. The van der Waals surface area contributed by atoms with Crippen molar-refractivity contribution in [2.24, 2.45) is 0 Å². The summed E-state index contributed by atoms with van der Waals surface area (Å²) in [6.45, 7) is 5.60. The van der Waals surface area contributed by atoms with Gasteiger partial charge >= 0.3 is 0 Å². The van der Waals surface area contributed by atoms with Crippen molar-refractivity contribution in [3.63, 3.8) is 0 Å². The zero-order chi connectivity index (χ0) is 12.1. The third kappa shape index (κ3) is 4.21. The smallest absolute Gasteiger partial charge is 0.0426 e. The van der Waals surface area contributed by atoms with E-state index in [-0.39, 0.29) is 0 Å². The van der Waals surface area contributed by atoms with Crippen molar-refractivity contribution in [3.05, 3.63) is 29.3 Å². The lowest BCUT2D eigenvalue weighted by Crippen LogP contribution is -2.31. The van der Waals surface area contributed by atoms with E-state index in [1.807, 2.05) is 18.2 Å². The van der Waals surface area contributed by atoms with Gasteiger partial charge in [0, 0.05) is 29.8 Å². The average Bonchev–Trinajstić information content (AvgIpc) is 3.12. The molecule has 1 fully saturated rings. The van der Waals surface area contributed by atoms with Crippen molar-refractivity contribution in [1.82, 2.24) is 4.90 Å². The fourth-order valence-electron chi connectivity index (χ4n) is 2.15. The molecule has 17 heavy (non-hydrogen) atoms. The van der Waals surface area contributed by atoms with Gasteiger partial charge in [0.15, 0.2) is 0 Å². The summed E-state index contributed by atoms with van der Waals surface area (Å²) >= 11 is 5.95. The minimum absolute atomic E-state index is 0.794. The van der Waals surface area contributed by atoms with Gasteiger partial charge in [-0.3, -0.25) is 4.90 Å². The average molecular weight is 253 g/mol. The van der Waals surface area contributed by atoms with Crippen molar-refractivity contribution < 1.29 is 0 Å². The summed E-state index contributed by atoms with van der Waals surface area (Å²) < 4.78 is 0. The van der Waals surface area contributed by atoms with Crippen molar-refractivity contribution in [3.8, 4) is 0 Å². The molecule has 0 spiro atoms. The van der Waals surface area contributed by atoms with Gasteiger partial charge < -0.3 is 5.32 Å². The number of nitrogens with one attached hydrogen (secondary N) is 1. The van der Waals surface area contributed by atoms with Gasteiger partial charge in [-0.1, -0.05) is 24.6 Å². The molecule has 0 aliphatic heterocycles. The van der Waals surface area contributed by atoms with E-state index in [1.165, 1.54) is 25.8 Å². The van der Waals surface area contributed by atoms with Crippen LogP contribution in [0.5, 0.6) is 0 Å². The molecule has 1 saturated carbocycles. The van der Waals surface area contributed by atoms with Crippen molar-refractivity contribution in [2.45, 2.75) is 32.2 Å². The van der Waals surface area contributed by atoms with Crippen LogP contribution in [0, 0.1) is 0 Å². The molecule has 0 atom stereocenters. The second-order valence-electron chi connectivity index (χ2n) is 4.70. The Bertz CT molecular complexity index is 350. The molecule has 0 heterocycles. The van der Waals surface area contributed by atoms with Gasteiger partial charge in [0.2, 0.25) is 0 Å². The lowest BCUT2D eigenvalue weighted by Gasteiger charge is -2.21. The van der Waals surface area contributed by atoms with E-state index >= 15 is 0 Å². The fourth-order valence-corrected chi connectivity index (χ4v) is 2.34. The SMILES string of the molecule is CCCN(CCNc1cccc(Cl)c1)C1CC1. The molecule has 1 aromatic rings. The molecule has 0 unspecified atom stereocenters. The van der Waals surface area contributed by atoms with Gasteiger partial charge in [0.1, 0.15) is 0 Å². The fraction of sp³-hybridized carbons (Fsp3) is 0.571. The third-order valence-corrected chi connectivity index (χ3v) is 3.36. The number of nitrogens with zero attached hydrogens (tertiary/aromatic N) is 1. The normalized spacial score (nSPS) is 15.2. The molecule has 0 saturated heterocycles. The van der Waals surface area contributed by atoms with Crippen LogP contribution in [0.3, 0.4) is 0 Å². The van der Waals surface area contributed by atoms with Gasteiger partial charge in [0.25, 0.3) is 0 Å². The molecule has 1 aliphatic carbocycles. The Morgan fingerprint density at radius 1 is 1.35 bits per heavy atom. The molecular weight excluding hydrogens is 232 g/mol. The Labute approximate surface area is 109 Å². The number of hydrogen-bond donors (Lipinski definition) is 1. The molecule has 94 valence electrons. The monoisotopic (exact) mass is 252 g/mol. The highest BCUT2D eigenvalue weighted by Crippen LogP contribution is 2.26. The van der Waals surface area contributed by atoms with Gasteiger partial charge in [0.05, 0.1) is 0 Å². The highest BCUT2D eigenvalue weighted by Gasteiger charge is 2.27. The first-order valence-corrected chi connectivity index (χ1v) is 6.91. The van der Waals surface area contributed by atoms with Crippen LogP contribution >= 0.6 is 11.6 Å². The van der Waals surface area contributed by atoms with Crippen molar-refractivity contribution >= 4 is 17.3 Å². The first-order valence-electron chi connectivity index (χ1n) is 6.53. The van der Waals surface area contributed by atoms with E-state index < -0.39 is 0 Å². The minimum atomic E-state index is 0.794. The highest BCUT2D eigenvalue weighted by atomic mass is 35.5. The minimum Gasteiger partial charge on any atom is -0.384 e. The van der Waals surface area contributed by atoms with Gasteiger partial charge in [-0.05, 0) is 44.0 Å². The van der Waals surface area contributed by atoms with E-state index in [9.17, 15) is 0 Å². The molecule has 0 bridgehead atoms. The third-order valence-electron chi connectivity index (χ3n) is 3.13. The second kappa shape index (κ2) is 6.27. The lowest BCUT2D eigenvalue weighted by atomic mass is 10.3. The largest absolute Gasteiger partial charge is 0.384 e. The zero-order valence-electron chi connectivity index (χ0n) is 10.5. The second-order valence-corrected chi connectivity index (χ2v) is 5.14. The molecular formula is C14H21ClN2. The summed E-state index contributed by atoms with van der Waals surface area (Å²) in [6, 6.07) is 8.78. The van der Waals surface area contributed by atoms with Crippen LogP contribution in [0.1, 0.15) is 26.2 Å². The summed E-state index contributed by atoms with van der Waals surface area (Å²) in [5, 5.41) is 4.22. The highest BCUT2D eigenvalue weighted by molar-refractivity contribution is 6.30. The first kappa shape index (κ1) is 12.7. The standard InChI is InChI=1S/C14H21ClN2/c1-2-9-17(14-6-7-14)10-8-16-13-5-3-4-12(15)11-13/h3-5,11,14,16H,2,6-10H2,1H3. The van der Waals surface area contributed by atoms with Crippen LogP contribution in [0.4, 0.5) is 5.69 Å². The molecule has 0 amide bonds. The maximum Gasteiger partial charge on any atom is 0.0426 e. The quantitative estimate of drug-likeness (QED) is 0.797. The van der Waals surface area contributed by atoms with Crippen LogP contribution < -0.4 is 5.32 Å². The van der Waals surface area contributed by atoms with Crippen LogP contribution in [0.15, 0.2) is 24.3 Å². The summed E-state index contributed by atoms with van der Waals surface area (Å²) in [6.07, 6.45) is 4.02. The number of halogens is 1. The molecule has 1 aliphatic rings. The summed E-state index contributed by atoms with van der Waals surface area (Å²) in [5.74, 6) is 0. The molecule has 3 heteroatoms. The van der Waals surface area contributed by atoms with E-state index in [4.69, 9.17) is 11.6 Å². The Morgan fingerprint density at radius 3 is 2.82 bits per heavy atom. The maximum absolute atomic E-state index is 5.95. The summed E-state index contributed by atoms with van der Waals surface area (Å²) in [4.78, 5) is 2.59. The molecule has 1 aromatic carbocycles. The van der Waals surface area contributed by atoms with E-state index in [2.05, 4.69) is 23.2 Å². The van der Waals surface area contributed by atoms with Crippen LogP contribution in [-0.4, -0.2) is 30.6 Å². The van der Waals surface area contributed by atoms with Gasteiger partial charge in [-0.25, -0.2) is 0 Å². The molecule has 2 rings (SSSR count). The van der Waals surface area contributed by atoms with Crippen molar-refractivity contribution in [2.75, 3.05) is 25.0 Å². The Kier molecular flexibility index (Phi) is 4.69. The number of rotatable bonds is 7. The van der Waals surface area contributed by atoms with Gasteiger partial charge in [-0.15, -0.1) is 0 Å². The van der Waals surface area contributed by atoms with Crippen LogP contribution in [-0.2, 0) is 0 Å². The van der Waals surface area contributed by atoms with Crippen LogP contribution in [0.2, 0.25) is 5.02 Å². The Hall–Kier alpha value is -0.730. The number of benzene rings is 1. The molecule has 1 N–H and O–H groups in total. The Morgan fingerprint density at radius 2 is 2.18 bits per heavy atom. The molecule has 0 aromatic heterocycles. The number of hydrogen-bond acceptors (Lipinski definition) is 2. The van der Waals surface area contributed by atoms with E-state index in [0.29, 0.717) is 0 Å². The predicted molar refractivity (Wildman–Crippen MR) is 74.8 cm³/mol. The van der Waals surface area contributed by atoms with Crippen LogP contribution in [0.25, 0.3) is 0 Å². The zero-order valence-corrected chi connectivity index (χ0v) is 11.2. The molecule has 0 radical (unpaired) electrons. The summed E-state index contributed by atoms with van der Waals surface area (Å²) in [5.41, 5.74) is 1.12. The topological polar surface area (TPSA) is 15.3 Å².